The Kier molecular flexibility index (Phi) is 4.66. The van der Waals surface area contributed by atoms with E-state index in [9.17, 15) is 0 Å². The summed E-state index contributed by atoms with van der Waals surface area (Å²) in [6.45, 7) is 4.70. The van der Waals surface area contributed by atoms with Gasteiger partial charge in [0.2, 0.25) is 5.95 Å². The summed E-state index contributed by atoms with van der Waals surface area (Å²) in [5, 5.41) is 0. The van der Waals surface area contributed by atoms with Gasteiger partial charge < -0.3 is 9.64 Å². The molecule has 0 aromatic carbocycles. The van der Waals surface area contributed by atoms with Gasteiger partial charge in [-0.2, -0.15) is 0 Å². The van der Waals surface area contributed by atoms with E-state index in [1.165, 1.54) is 5.56 Å². The van der Waals surface area contributed by atoms with Gasteiger partial charge in [-0.15, -0.1) is 0 Å². The molecule has 0 N–H and O–H groups in total. The van der Waals surface area contributed by atoms with Crippen molar-refractivity contribution in [2.24, 2.45) is 0 Å². The summed E-state index contributed by atoms with van der Waals surface area (Å²) in [7, 11) is 0. The molecule has 0 unspecified atom stereocenters. The molecule has 2 aliphatic rings. The zero-order valence-corrected chi connectivity index (χ0v) is 13.8. The van der Waals surface area contributed by atoms with E-state index in [0.29, 0.717) is 12.1 Å². The third kappa shape index (κ3) is 3.25. The fourth-order valence-electron chi connectivity index (χ4n) is 3.87. The van der Waals surface area contributed by atoms with E-state index in [1.54, 1.807) is 0 Å². The maximum absolute atomic E-state index is 5.54. The number of hydrogen-bond donors (Lipinski definition) is 0. The van der Waals surface area contributed by atoms with Crippen molar-refractivity contribution >= 4 is 5.95 Å². The highest BCUT2D eigenvalue weighted by atomic mass is 16.5. The van der Waals surface area contributed by atoms with Crippen LogP contribution in [0.2, 0.25) is 0 Å². The van der Waals surface area contributed by atoms with Gasteiger partial charge in [-0.25, -0.2) is 9.97 Å². The molecule has 2 saturated heterocycles. The molecule has 0 radical (unpaired) electrons. The highest BCUT2D eigenvalue weighted by Crippen LogP contribution is 2.29. The summed E-state index contributed by atoms with van der Waals surface area (Å²) in [6, 6.07) is 6.99. The first-order valence-corrected chi connectivity index (χ1v) is 8.66. The van der Waals surface area contributed by atoms with Gasteiger partial charge in [-0.3, -0.25) is 9.88 Å². The summed E-state index contributed by atoms with van der Waals surface area (Å²) in [6.07, 6.45) is 9.54. The zero-order chi connectivity index (χ0) is 16.2. The van der Waals surface area contributed by atoms with Crippen LogP contribution in [0.5, 0.6) is 0 Å². The minimum absolute atomic E-state index is 0.382. The molecule has 4 heterocycles. The quantitative estimate of drug-likeness (QED) is 0.847. The molecule has 2 aromatic heterocycles. The van der Waals surface area contributed by atoms with Crippen molar-refractivity contribution in [3.05, 3.63) is 48.5 Å². The molecule has 0 saturated carbocycles. The van der Waals surface area contributed by atoms with Crippen molar-refractivity contribution < 1.29 is 4.74 Å². The van der Waals surface area contributed by atoms with Crippen LogP contribution in [0.25, 0.3) is 0 Å². The van der Waals surface area contributed by atoms with Gasteiger partial charge in [0, 0.05) is 50.5 Å². The number of ether oxygens (including phenoxy) is 1. The Morgan fingerprint density at radius 2 is 1.75 bits per heavy atom. The maximum atomic E-state index is 5.54. The molecule has 4 rings (SSSR count). The van der Waals surface area contributed by atoms with E-state index in [-0.39, 0.29) is 0 Å². The molecular formula is C18H23N5O. The van der Waals surface area contributed by atoms with Crippen molar-refractivity contribution in [2.75, 3.05) is 37.7 Å². The predicted molar refractivity (Wildman–Crippen MR) is 91.9 cm³/mol. The van der Waals surface area contributed by atoms with Gasteiger partial charge in [0.05, 0.1) is 19.3 Å². The van der Waals surface area contributed by atoms with E-state index in [4.69, 9.17) is 4.74 Å². The van der Waals surface area contributed by atoms with Gasteiger partial charge in [0.15, 0.2) is 0 Å². The summed E-state index contributed by atoms with van der Waals surface area (Å²) >= 11 is 0. The van der Waals surface area contributed by atoms with Crippen molar-refractivity contribution in [2.45, 2.75) is 24.9 Å². The third-order valence-electron chi connectivity index (χ3n) is 5.03. The van der Waals surface area contributed by atoms with Crippen LogP contribution >= 0.6 is 0 Å². The highest BCUT2D eigenvalue weighted by Gasteiger charge is 2.39. The molecule has 0 aliphatic carbocycles. The Hall–Kier alpha value is -2.05. The minimum Gasteiger partial charge on any atom is -0.379 e. The standard InChI is InChI=1S/C18H23N5O/c1-5-20-18(21-6-1)23-9-4-16(22-10-12-24-13-11-22)17(23)14-15-2-7-19-8-3-15/h1-3,5-8,16-17H,4,9-14H2/t16-,17+/m0/s1. The molecule has 0 bridgehead atoms. The first kappa shape index (κ1) is 15.5. The van der Waals surface area contributed by atoms with E-state index < -0.39 is 0 Å². The first-order chi connectivity index (χ1) is 11.9. The molecule has 24 heavy (non-hydrogen) atoms. The normalized spacial score (nSPS) is 25.1. The lowest BCUT2D eigenvalue weighted by Crippen LogP contribution is -2.50. The lowest BCUT2D eigenvalue weighted by atomic mass is 9.99. The van der Waals surface area contributed by atoms with Crippen LogP contribution in [-0.2, 0) is 11.2 Å². The van der Waals surface area contributed by atoms with Crippen LogP contribution < -0.4 is 4.90 Å². The van der Waals surface area contributed by atoms with Gasteiger partial charge >= 0.3 is 0 Å². The van der Waals surface area contributed by atoms with Gasteiger partial charge in [0.1, 0.15) is 0 Å². The number of pyridine rings is 1. The summed E-state index contributed by atoms with van der Waals surface area (Å²) < 4.78 is 5.54. The molecule has 2 aromatic rings. The maximum Gasteiger partial charge on any atom is 0.225 e. The molecule has 6 heteroatoms. The summed E-state index contributed by atoms with van der Waals surface area (Å²) in [4.78, 5) is 18.1. The van der Waals surface area contributed by atoms with Crippen LogP contribution in [0.15, 0.2) is 43.0 Å². The number of hydrogen-bond acceptors (Lipinski definition) is 6. The smallest absolute Gasteiger partial charge is 0.225 e. The second-order valence-corrected chi connectivity index (χ2v) is 6.37. The molecule has 6 nitrogen and oxygen atoms in total. The Labute approximate surface area is 142 Å². The van der Waals surface area contributed by atoms with Gasteiger partial charge in [-0.1, -0.05) is 0 Å². The van der Waals surface area contributed by atoms with E-state index in [2.05, 4.69) is 36.9 Å². The number of anilines is 1. The molecule has 2 aliphatic heterocycles. The van der Waals surface area contributed by atoms with Crippen LogP contribution in [0.1, 0.15) is 12.0 Å². The number of morpholine rings is 1. The predicted octanol–water partition coefficient (Wildman–Crippen LogP) is 1.39. The van der Waals surface area contributed by atoms with Gasteiger partial charge in [-0.05, 0) is 36.6 Å². The van der Waals surface area contributed by atoms with Crippen LogP contribution in [0.3, 0.4) is 0 Å². The van der Waals surface area contributed by atoms with Gasteiger partial charge in [0.25, 0.3) is 0 Å². The Morgan fingerprint density at radius 3 is 2.50 bits per heavy atom. The van der Waals surface area contributed by atoms with E-state index >= 15 is 0 Å². The Bertz CT molecular complexity index is 632. The average molecular weight is 325 g/mol. The van der Waals surface area contributed by atoms with Crippen molar-refractivity contribution in [3.8, 4) is 0 Å². The third-order valence-corrected chi connectivity index (χ3v) is 5.03. The summed E-state index contributed by atoms with van der Waals surface area (Å²) in [5.41, 5.74) is 1.32. The molecule has 2 fully saturated rings. The topological polar surface area (TPSA) is 54.4 Å². The number of nitrogens with zero attached hydrogens (tertiary/aromatic N) is 5. The van der Waals surface area contributed by atoms with Crippen molar-refractivity contribution in [1.82, 2.24) is 19.9 Å². The average Bonchev–Trinajstić information content (AvgIpc) is 3.07. The summed E-state index contributed by atoms with van der Waals surface area (Å²) in [5.74, 6) is 0.840. The van der Waals surface area contributed by atoms with Crippen molar-refractivity contribution in [3.63, 3.8) is 0 Å². The Morgan fingerprint density at radius 1 is 1.00 bits per heavy atom. The largest absolute Gasteiger partial charge is 0.379 e. The highest BCUT2D eigenvalue weighted by molar-refractivity contribution is 5.36. The van der Waals surface area contributed by atoms with Crippen LogP contribution in [0.4, 0.5) is 5.95 Å². The number of rotatable bonds is 4. The zero-order valence-electron chi connectivity index (χ0n) is 13.8. The van der Waals surface area contributed by atoms with E-state index in [0.717, 1.165) is 51.6 Å². The fourth-order valence-corrected chi connectivity index (χ4v) is 3.87. The molecule has 0 amide bonds. The lowest BCUT2D eigenvalue weighted by molar-refractivity contribution is 0.0149. The second kappa shape index (κ2) is 7.23. The lowest BCUT2D eigenvalue weighted by Gasteiger charge is -2.37. The monoisotopic (exact) mass is 325 g/mol. The molecule has 0 spiro atoms. The fraction of sp³-hybridized carbons (Fsp3) is 0.500. The second-order valence-electron chi connectivity index (χ2n) is 6.37. The van der Waals surface area contributed by atoms with Crippen LogP contribution in [-0.4, -0.2) is 64.8 Å². The SMILES string of the molecule is c1cnc(N2CC[C@H](N3CCOCC3)[C@H]2Cc2ccncc2)nc1. The number of aromatic nitrogens is 3. The molecule has 2 atom stereocenters. The van der Waals surface area contributed by atoms with Crippen molar-refractivity contribution in [1.29, 1.82) is 0 Å². The minimum atomic E-state index is 0.382. The van der Waals surface area contributed by atoms with Crippen LogP contribution in [0, 0.1) is 0 Å². The Balaban J connectivity index is 1.59. The first-order valence-electron chi connectivity index (χ1n) is 8.66. The van der Waals surface area contributed by atoms with E-state index in [1.807, 2.05) is 30.9 Å². The molecule has 126 valence electrons. The molecular weight excluding hydrogens is 302 g/mol.